The highest BCUT2D eigenvalue weighted by atomic mass is 35.5. The SMILES string of the molecule is COC(=O)CC(Cl)Cc1ccc(Cl)c(Cl)c1. The third-order valence-electron chi connectivity index (χ3n) is 2.06. The van der Waals surface area contributed by atoms with E-state index in [9.17, 15) is 4.79 Å². The Labute approximate surface area is 109 Å². The van der Waals surface area contributed by atoms with E-state index in [0.29, 0.717) is 16.5 Å². The van der Waals surface area contributed by atoms with Crippen molar-refractivity contribution in [1.29, 1.82) is 0 Å². The molecule has 88 valence electrons. The summed E-state index contributed by atoms with van der Waals surface area (Å²) in [4.78, 5) is 11.0. The van der Waals surface area contributed by atoms with Gasteiger partial charge in [0.15, 0.2) is 0 Å². The van der Waals surface area contributed by atoms with Crippen LogP contribution in [0.3, 0.4) is 0 Å². The molecule has 0 saturated carbocycles. The maximum absolute atomic E-state index is 11.0. The van der Waals surface area contributed by atoms with Crippen molar-refractivity contribution in [2.75, 3.05) is 7.11 Å². The molecule has 1 unspecified atom stereocenters. The van der Waals surface area contributed by atoms with Crippen LogP contribution in [0.5, 0.6) is 0 Å². The third kappa shape index (κ3) is 4.20. The highest BCUT2D eigenvalue weighted by Gasteiger charge is 2.12. The van der Waals surface area contributed by atoms with Crippen molar-refractivity contribution in [3.63, 3.8) is 0 Å². The number of carbonyl (C=O) groups excluding carboxylic acids is 1. The van der Waals surface area contributed by atoms with E-state index in [1.54, 1.807) is 12.1 Å². The molecule has 0 bridgehead atoms. The minimum Gasteiger partial charge on any atom is -0.469 e. The van der Waals surface area contributed by atoms with Crippen LogP contribution in [0.1, 0.15) is 12.0 Å². The summed E-state index contributed by atoms with van der Waals surface area (Å²) >= 11 is 17.7. The third-order valence-corrected chi connectivity index (χ3v) is 3.10. The lowest BCUT2D eigenvalue weighted by molar-refractivity contribution is -0.140. The monoisotopic (exact) mass is 280 g/mol. The van der Waals surface area contributed by atoms with E-state index in [1.165, 1.54) is 7.11 Å². The Bertz CT molecular complexity index is 379. The smallest absolute Gasteiger partial charge is 0.307 e. The fourth-order valence-corrected chi connectivity index (χ4v) is 1.88. The lowest BCUT2D eigenvalue weighted by Crippen LogP contribution is -2.12. The van der Waals surface area contributed by atoms with E-state index in [-0.39, 0.29) is 17.8 Å². The van der Waals surface area contributed by atoms with Gasteiger partial charge in [-0.15, -0.1) is 11.6 Å². The van der Waals surface area contributed by atoms with Crippen molar-refractivity contribution in [2.24, 2.45) is 0 Å². The van der Waals surface area contributed by atoms with Crippen molar-refractivity contribution in [3.05, 3.63) is 33.8 Å². The molecule has 1 aromatic carbocycles. The lowest BCUT2D eigenvalue weighted by Gasteiger charge is -2.08. The molecule has 1 rings (SSSR count). The van der Waals surface area contributed by atoms with Gasteiger partial charge in [0.1, 0.15) is 0 Å². The minimum atomic E-state index is -0.319. The van der Waals surface area contributed by atoms with Gasteiger partial charge in [0, 0.05) is 5.38 Å². The fraction of sp³-hybridized carbons (Fsp3) is 0.364. The summed E-state index contributed by atoms with van der Waals surface area (Å²) < 4.78 is 4.53. The molecule has 2 nitrogen and oxygen atoms in total. The largest absolute Gasteiger partial charge is 0.469 e. The van der Waals surface area contributed by atoms with Crippen LogP contribution in [-0.4, -0.2) is 18.5 Å². The van der Waals surface area contributed by atoms with Crippen molar-refractivity contribution in [1.82, 2.24) is 0 Å². The zero-order chi connectivity index (χ0) is 12.1. The molecule has 0 N–H and O–H groups in total. The first-order valence-corrected chi connectivity index (χ1v) is 5.87. The number of esters is 1. The Morgan fingerprint density at radius 1 is 1.38 bits per heavy atom. The summed E-state index contributed by atoms with van der Waals surface area (Å²) in [5, 5.41) is 0.690. The lowest BCUT2D eigenvalue weighted by atomic mass is 10.1. The Morgan fingerprint density at radius 3 is 2.62 bits per heavy atom. The maximum atomic E-state index is 11.0. The molecule has 0 aromatic heterocycles. The quantitative estimate of drug-likeness (QED) is 0.621. The number of ether oxygens (including phenoxy) is 1. The molecule has 0 saturated heterocycles. The second-order valence-corrected chi connectivity index (χ2v) is 4.76. The van der Waals surface area contributed by atoms with Crippen LogP contribution in [0.4, 0.5) is 0 Å². The molecule has 0 heterocycles. The van der Waals surface area contributed by atoms with Gasteiger partial charge in [-0.2, -0.15) is 0 Å². The van der Waals surface area contributed by atoms with Gasteiger partial charge in [-0.3, -0.25) is 4.79 Å². The standard InChI is InChI=1S/C11H11Cl3O2/c1-16-11(15)6-8(12)4-7-2-3-9(13)10(14)5-7/h2-3,5,8H,4,6H2,1H3. The zero-order valence-electron chi connectivity index (χ0n) is 8.67. The van der Waals surface area contributed by atoms with E-state index >= 15 is 0 Å². The highest BCUT2D eigenvalue weighted by Crippen LogP contribution is 2.24. The van der Waals surface area contributed by atoms with Crippen LogP contribution < -0.4 is 0 Å². The normalized spacial score (nSPS) is 12.2. The molecule has 1 aromatic rings. The van der Waals surface area contributed by atoms with Gasteiger partial charge in [0.25, 0.3) is 0 Å². The maximum Gasteiger partial charge on any atom is 0.307 e. The molecular weight excluding hydrogens is 270 g/mol. The van der Waals surface area contributed by atoms with Gasteiger partial charge >= 0.3 is 5.97 Å². The summed E-state index contributed by atoms with van der Waals surface area (Å²) in [5.41, 5.74) is 0.943. The zero-order valence-corrected chi connectivity index (χ0v) is 10.9. The van der Waals surface area contributed by atoms with E-state index in [2.05, 4.69) is 4.74 Å². The summed E-state index contributed by atoms with van der Waals surface area (Å²) in [6, 6.07) is 5.29. The first-order valence-electron chi connectivity index (χ1n) is 4.67. The Kier molecular flexibility index (Phi) is 5.39. The Hall–Kier alpha value is -0.440. The van der Waals surface area contributed by atoms with Gasteiger partial charge in [-0.1, -0.05) is 29.3 Å². The molecule has 0 aliphatic heterocycles. The fourth-order valence-electron chi connectivity index (χ4n) is 1.26. The summed E-state index contributed by atoms with van der Waals surface area (Å²) in [6.07, 6.45) is 0.728. The molecule has 16 heavy (non-hydrogen) atoms. The van der Waals surface area contributed by atoms with Crippen molar-refractivity contribution in [2.45, 2.75) is 18.2 Å². The van der Waals surface area contributed by atoms with Gasteiger partial charge < -0.3 is 4.74 Å². The van der Waals surface area contributed by atoms with Crippen molar-refractivity contribution >= 4 is 40.8 Å². The number of carbonyl (C=O) groups is 1. The van der Waals surface area contributed by atoms with E-state index < -0.39 is 0 Å². The first kappa shape index (κ1) is 13.6. The molecule has 5 heteroatoms. The predicted octanol–water partition coefficient (Wildman–Crippen LogP) is 3.71. The second kappa shape index (κ2) is 6.33. The number of rotatable bonds is 4. The van der Waals surface area contributed by atoms with Crippen molar-refractivity contribution < 1.29 is 9.53 Å². The minimum absolute atomic E-state index is 0.179. The van der Waals surface area contributed by atoms with Crippen LogP contribution in [0.2, 0.25) is 10.0 Å². The Morgan fingerprint density at radius 2 is 2.06 bits per heavy atom. The summed E-state index contributed by atoms with van der Waals surface area (Å²) in [7, 11) is 1.34. The number of hydrogen-bond acceptors (Lipinski definition) is 2. The van der Waals surface area contributed by atoms with Crippen LogP contribution in [0.25, 0.3) is 0 Å². The molecule has 0 fully saturated rings. The number of halogens is 3. The van der Waals surface area contributed by atoms with Gasteiger partial charge in [-0.05, 0) is 24.1 Å². The summed E-state index contributed by atoms with van der Waals surface area (Å²) in [5.74, 6) is -0.319. The van der Waals surface area contributed by atoms with Crippen LogP contribution in [0.15, 0.2) is 18.2 Å². The number of alkyl halides is 1. The molecule has 0 radical (unpaired) electrons. The van der Waals surface area contributed by atoms with E-state index in [0.717, 1.165) is 5.56 Å². The van der Waals surface area contributed by atoms with Gasteiger partial charge in [0.05, 0.1) is 23.6 Å². The van der Waals surface area contributed by atoms with E-state index in [4.69, 9.17) is 34.8 Å². The molecule has 1 atom stereocenters. The van der Waals surface area contributed by atoms with Crippen LogP contribution in [0, 0.1) is 0 Å². The van der Waals surface area contributed by atoms with Crippen LogP contribution in [-0.2, 0) is 16.0 Å². The second-order valence-electron chi connectivity index (χ2n) is 3.33. The van der Waals surface area contributed by atoms with Crippen LogP contribution >= 0.6 is 34.8 Å². The molecule has 0 amide bonds. The number of methoxy groups -OCH3 is 1. The average molecular weight is 282 g/mol. The summed E-state index contributed by atoms with van der Waals surface area (Å²) in [6.45, 7) is 0. The molecular formula is C11H11Cl3O2. The number of benzene rings is 1. The molecule has 0 spiro atoms. The molecule has 0 aliphatic carbocycles. The van der Waals surface area contributed by atoms with E-state index in [1.807, 2.05) is 6.07 Å². The average Bonchev–Trinajstić information content (AvgIpc) is 2.23. The first-order chi connectivity index (χ1) is 7.52. The predicted molar refractivity (Wildman–Crippen MR) is 66.4 cm³/mol. The highest BCUT2D eigenvalue weighted by molar-refractivity contribution is 6.42. The number of hydrogen-bond donors (Lipinski definition) is 0. The van der Waals surface area contributed by atoms with Crippen molar-refractivity contribution in [3.8, 4) is 0 Å². The Balaban J connectivity index is 2.59. The molecule has 0 aliphatic rings. The topological polar surface area (TPSA) is 26.3 Å². The van der Waals surface area contributed by atoms with Gasteiger partial charge in [0.2, 0.25) is 0 Å². The van der Waals surface area contributed by atoms with Gasteiger partial charge in [-0.25, -0.2) is 0 Å².